The van der Waals surface area contributed by atoms with Gasteiger partial charge in [-0.2, -0.15) is 0 Å². The highest BCUT2D eigenvalue weighted by Gasteiger charge is 2.26. The Balaban J connectivity index is 1.47. The van der Waals surface area contributed by atoms with Gasteiger partial charge in [-0.15, -0.1) is 0 Å². The van der Waals surface area contributed by atoms with Crippen molar-refractivity contribution in [3.8, 4) is 6.01 Å². The van der Waals surface area contributed by atoms with Gasteiger partial charge in [0.15, 0.2) is 0 Å². The normalized spacial score (nSPS) is 25.7. The summed E-state index contributed by atoms with van der Waals surface area (Å²) in [4.78, 5) is 35.5. The quantitative estimate of drug-likeness (QED) is 0.898. The minimum absolute atomic E-state index is 0.0723. The first-order valence-electron chi connectivity index (χ1n) is 8.55. The molecule has 7 heteroatoms. The minimum atomic E-state index is -0.463. The van der Waals surface area contributed by atoms with Crippen LogP contribution in [0.25, 0.3) is 0 Å². The zero-order chi connectivity index (χ0) is 17.8. The number of carbonyl (C=O) groups is 2. The third kappa shape index (κ3) is 4.71. The molecule has 0 bridgehead atoms. The monoisotopic (exact) mass is 342 g/mol. The molecule has 1 N–H and O–H groups in total. The summed E-state index contributed by atoms with van der Waals surface area (Å²) in [6.07, 6.45) is 7.74. The van der Waals surface area contributed by atoms with Crippen molar-refractivity contribution in [1.29, 1.82) is 0 Å². The molecular weight excluding hydrogens is 320 g/mol. The van der Waals surface area contributed by atoms with Gasteiger partial charge in [-0.05, 0) is 45.6 Å². The third-order valence-corrected chi connectivity index (χ3v) is 4.37. The fraction of sp³-hybridized carbons (Fsp3) is 0.500. The Kier molecular flexibility index (Phi) is 5.21. The van der Waals surface area contributed by atoms with Crippen LogP contribution >= 0.6 is 0 Å². The number of aliphatic imine (C=N–C) groups is 1. The van der Waals surface area contributed by atoms with Crippen LogP contribution in [0.3, 0.4) is 0 Å². The second kappa shape index (κ2) is 7.55. The average molecular weight is 342 g/mol. The molecule has 2 heterocycles. The second-order valence-corrected chi connectivity index (χ2v) is 6.53. The summed E-state index contributed by atoms with van der Waals surface area (Å²) in [6, 6.07) is 2.46. The second-order valence-electron chi connectivity index (χ2n) is 6.53. The molecule has 1 aliphatic heterocycles. The number of nitrogens with one attached hydrogen (secondary N) is 1. The number of carbonyl (C=O) groups excluding carboxylic acids is 2. The Labute approximate surface area is 146 Å². The molecule has 3 rings (SSSR count). The SMILES string of the molecule is Cc1cc(C)nc(OC2CCC(NC(=O)C3C=CC(=O)N=C3)CC2)n1. The Morgan fingerprint density at radius 3 is 2.44 bits per heavy atom. The number of nitrogens with zero attached hydrogens (tertiary/aromatic N) is 3. The molecular formula is C18H22N4O3. The van der Waals surface area contributed by atoms with Gasteiger partial charge in [0.05, 0.1) is 5.92 Å². The van der Waals surface area contributed by atoms with Gasteiger partial charge in [0, 0.05) is 29.7 Å². The number of ether oxygens (including phenoxy) is 1. The number of aromatic nitrogens is 2. The van der Waals surface area contributed by atoms with Gasteiger partial charge in [-0.25, -0.2) is 15.0 Å². The summed E-state index contributed by atoms with van der Waals surface area (Å²) < 4.78 is 5.89. The van der Waals surface area contributed by atoms with Gasteiger partial charge >= 0.3 is 6.01 Å². The molecule has 0 saturated heterocycles. The van der Waals surface area contributed by atoms with Crippen LogP contribution in [0, 0.1) is 19.8 Å². The maximum Gasteiger partial charge on any atom is 0.317 e. The van der Waals surface area contributed by atoms with Crippen molar-refractivity contribution in [2.75, 3.05) is 0 Å². The highest BCUT2D eigenvalue weighted by Crippen LogP contribution is 2.23. The van der Waals surface area contributed by atoms with E-state index in [0.29, 0.717) is 6.01 Å². The zero-order valence-corrected chi connectivity index (χ0v) is 14.4. The van der Waals surface area contributed by atoms with Gasteiger partial charge in [-0.1, -0.05) is 6.08 Å². The highest BCUT2D eigenvalue weighted by atomic mass is 16.5. The van der Waals surface area contributed by atoms with Crippen LogP contribution in [0.5, 0.6) is 6.01 Å². The van der Waals surface area contributed by atoms with E-state index in [0.717, 1.165) is 37.1 Å². The van der Waals surface area contributed by atoms with Crippen molar-refractivity contribution in [3.05, 3.63) is 29.6 Å². The van der Waals surface area contributed by atoms with E-state index >= 15 is 0 Å². The summed E-state index contributed by atoms with van der Waals surface area (Å²) in [5, 5.41) is 3.03. The van der Waals surface area contributed by atoms with Crippen LogP contribution in [0.4, 0.5) is 0 Å². The summed E-state index contributed by atoms with van der Waals surface area (Å²) in [6.45, 7) is 3.84. The van der Waals surface area contributed by atoms with Crippen molar-refractivity contribution in [2.45, 2.75) is 51.7 Å². The van der Waals surface area contributed by atoms with Crippen LogP contribution in [-0.2, 0) is 9.59 Å². The molecule has 25 heavy (non-hydrogen) atoms. The predicted molar refractivity (Wildman–Crippen MR) is 92.4 cm³/mol. The Morgan fingerprint density at radius 2 is 1.84 bits per heavy atom. The van der Waals surface area contributed by atoms with Crippen LogP contribution in [0.2, 0.25) is 0 Å². The number of hydrogen-bond donors (Lipinski definition) is 1. The molecule has 1 aliphatic carbocycles. The molecule has 1 saturated carbocycles. The van der Waals surface area contributed by atoms with E-state index in [9.17, 15) is 9.59 Å². The van der Waals surface area contributed by atoms with E-state index in [1.165, 1.54) is 12.3 Å². The lowest BCUT2D eigenvalue weighted by atomic mass is 9.92. The van der Waals surface area contributed by atoms with Crippen LogP contribution < -0.4 is 10.1 Å². The molecule has 1 unspecified atom stereocenters. The molecule has 132 valence electrons. The standard InChI is InChI=1S/C18H22N4O3/c1-11-9-12(2)21-18(20-11)25-15-6-4-14(5-7-15)22-17(24)13-3-8-16(23)19-10-13/h3,8-10,13-15H,4-7H2,1-2H3,(H,22,24). The lowest BCUT2D eigenvalue weighted by Gasteiger charge is -2.29. The molecule has 1 atom stereocenters. The van der Waals surface area contributed by atoms with E-state index in [1.54, 1.807) is 6.08 Å². The van der Waals surface area contributed by atoms with Crippen LogP contribution in [-0.4, -0.2) is 40.1 Å². The van der Waals surface area contributed by atoms with Crippen molar-refractivity contribution in [2.24, 2.45) is 10.9 Å². The smallest absolute Gasteiger partial charge is 0.317 e. The molecule has 1 fully saturated rings. The molecule has 0 aromatic carbocycles. The topological polar surface area (TPSA) is 93.5 Å². The number of rotatable bonds is 4. The van der Waals surface area contributed by atoms with Crippen LogP contribution in [0.15, 0.2) is 23.2 Å². The van der Waals surface area contributed by atoms with Crippen molar-refractivity contribution in [1.82, 2.24) is 15.3 Å². The molecule has 7 nitrogen and oxygen atoms in total. The Morgan fingerprint density at radius 1 is 1.16 bits per heavy atom. The maximum absolute atomic E-state index is 12.2. The molecule has 2 amide bonds. The number of hydrogen-bond acceptors (Lipinski definition) is 5. The van der Waals surface area contributed by atoms with E-state index in [-0.39, 0.29) is 24.0 Å². The Bertz CT molecular complexity index is 685. The number of dihydropyridines is 1. The van der Waals surface area contributed by atoms with Crippen molar-refractivity contribution >= 4 is 18.0 Å². The third-order valence-electron chi connectivity index (χ3n) is 4.37. The first kappa shape index (κ1) is 17.3. The predicted octanol–water partition coefficient (Wildman–Crippen LogP) is 1.68. The van der Waals surface area contributed by atoms with Gasteiger partial charge in [0.25, 0.3) is 5.91 Å². The first-order valence-corrected chi connectivity index (χ1v) is 8.55. The van der Waals surface area contributed by atoms with Gasteiger partial charge in [0.1, 0.15) is 6.10 Å². The van der Waals surface area contributed by atoms with E-state index < -0.39 is 5.92 Å². The summed E-state index contributed by atoms with van der Waals surface area (Å²) in [5.74, 6) is -0.903. The number of amides is 2. The molecule has 1 aromatic heterocycles. The highest BCUT2D eigenvalue weighted by molar-refractivity contribution is 6.05. The fourth-order valence-corrected chi connectivity index (χ4v) is 3.11. The Hall–Kier alpha value is -2.57. The first-order chi connectivity index (χ1) is 12.0. The molecule has 2 aliphatic rings. The van der Waals surface area contributed by atoms with E-state index in [1.807, 2.05) is 19.9 Å². The summed E-state index contributed by atoms with van der Waals surface area (Å²) >= 11 is 0. The van der Waals surface area contributed by atoms with Gasteiger partial charge < -0.3 is 10.1 Å². The summed E-state index contributed by atoms with van der Waals surface area (Å²) in [7, 11) is 0. The largest absolute Gasteiger partial charge is 0.460 e. The molecule has 0 spiro atoms. The fourth-order valence-electron chi connectivity index (χ4n) is 3.11. The van der Waals surface area contributed by atoms with Gasteiger partial charge in [0.2, 0.25) is 5.91 Å². The molecule has 1 aromatic rings. The van der Waals surface area contributed by atoms with Crippen molar-refractivity contribution in [3.63, 3.8) is 0 Å². The lowest BCUT2D eigenvalue weighted by Crippen LogP contribution is -2.42. The van der Waals surface area contributed by atoms with E-state index in [4.69, 9.17) is 4.74 Å². The summed E-state index contributed by atoms with van der Waals surface area (Å²) in [5.41, 5.74) is 1.79. The number of aryl methyl sites for hydroxylation is 2. The maximum atomic E-state index is 12.2. The van der Waals surface area contributed by atoms with Crippen molar-refractivity contribution < 1.29 is 14.3 Å². The van der Waals surface area contributed by atoms with E-state index in [2.05, 4.69) is 20.3 Å². The average Bonchev–Trinajstić information content (AvgIpc) is 2.56. The molecule has 0 radical (unpaired) electrons. The van der Waals surface area contributed by atoms with Gasteiger partial charge in [-0.3, -0.25) is 9.59 Å². The van der Waals surface area contributed by atoms with Crippen LogP contribution in [0.1, 0.15) is 37.1 Å². The zero-order valence-electron chi connectivity index (χ0n) is 14.4. The lowest BCUT2D eigenvalue weighted by molar-refractivity contribution is -0.122. The minimum Gasteiger partial charge on any atom is -0.460 e.